The molecule has 5 unspecified atom stereocenters. The summed E-state index contributed by atoms with van der Waals surface area (Å²) in [5.41, 5.74) is 8.56. The van der Waals surface area contributed by atoms with Crippen molar-refractivity contribution in [1.82, 2.24) is 4.98 Å². The average molecular weight is 361 g/mol. The van der Waals surface area contributed by atoms with Crippen LogP contribution in [0.1, 0.15) is 0 Å². The van der Waals surface area contributed by atoms with E-state index in [1.54, 1.807) is 12.1 Å². The fraction of sp³-hybridized carbons (Fsp3) is 0.545. The van der Waals surface area contributed by atoms with Crippen molar-refractivity contribution in [3.8, 4) is 5.88 Å². The average Bonchev–Trinajstić information content (AvgIpc) is 2.48. The maximum absolute atomic E-state index is 9.97. The van der Waals surface area contributed by atoms with Crippen molar-refractivity contribution in [2.75, 3.05) is 6.61 Å². The Morgan fingerprint density at radius 1 is 1.48 bits per heavy atom. The number of aliphatic hydroxyl groups is 3. The van der Waals surface area contributed by atoms with E-state index in [-0.39, 0.29) is 5.88 Å². The van der Waals surface area contributed by atoms with Gasteiger partial charge in [0.25, 0.3) is 0 Å². The standard InChI is InChI=1S/C11H13BrN4O5/c12-5-2-1-3-14-10(5)21-11-7(15-16-13)9(19)8(18)6(4-17)20-11/h1-3,6-9,11,17-19H,4H2. The lowest BCUT2D eigenvalue weighted by molar-refractivity contribution is -0.239. The molecule has 0 radical (unpaired) electrons. The number of nitrogens with zero attached hydrogens (tertiary/aromatic N) is 4. The van der Waals surface area contributed by atoms with Crippen molar-refractivity contribution >= 4 is 15.9 Å². The molecule has 2 heterocycles. The lowest BCUT2D eigenvalue weighted by Crippen LogP contribution is -2.59. The third kappa shape index (κ3) is 3.43. The smallest absolute Gasteiger partial charge is 0.230 e. The van der Waals surface area contributed by atoms with Crippen LogP contribution in [0, 0.1) is 0 Å². The van der Waals surface area contributed by atoms with Gasteiger partial charge >= 0.3 is 0 Å². The summed E-state index contributed by atoms with van der Waals surface area (Å²) in [6, 6.07) is 2.18. The second-order valence-electron chi connectivity index (χ2n) is 4.31. The Labute approximate surface area is 127 Å². The van der Waals surface area contributed by atoms with Crippen LogP contribution in [0.4, 0.5) is 0 Å². The number of hydrogen-bond acceptors (Lipinski definition) is 7. The summed E-state index contributed by atoms with van der Waals surface area (Å²) >= 11 is 3.23. The Kier molecular flexibility index (Phi) is 5.34. The molecule has 0 saturated carbocycles. The zero-order chi connectivity index (χ0) is 15.4. The molecule has 2 rings (SSSR count). The number of aromatic nitrogens is 1. The number of ether oxygens (including phenoxy) is 2. The SMILES string of the molecule is [N-]=[N+]=NC1C(Oc2ncccc2Br)OC(CO)C(O)C1O. The zero-order valence-electron chi connectivity index (χ0n) is 10.7. The van der Waals surface area contributed by atoms with Crippen molar-refractivity contribution in [2.24, 2.45) is 5.11 Å². The minimum Gasteiger partial charge on any atom is -0.446 e. The first kappa shape index (κ1) is 16.0. The number of pyridine rings is 1. The minimum absolute atomic E-state index is 0.168. The van der Waals surface area contributed by atoms with Crippen LogP contribution in [0.5, 0.6) is 5.88 Å². The second-order valence-corrected chi connectivity index (χ2v) is 5.16. The van der Waals surface area contributed by atoms with Gasteiger partial charge in [-0.15, -0.1) is 0 Å². The van der Waals surface area contributed by atoms with Gasteiger partial charge in [-0.25, -0.2) is 4.98 Å². The predicted molar refractivity (Wildman–Crippen MR) is 73.3 cm³/mol. The van der Waals surface area contributed by atoms with Gasteiger partial charge in [0.2, 0.25) is 12.2 Å². The molecule has 10 heteroatoms. The molecule has 1 fully saturated rings. The van der Waals surface area contributed by atoms with Crippen molar-refractivity contribution < 1.29 is 24.8 Å². The highest BCUT2D eigenvalue weighted by molar-refractivity contribution is 9.10. The maximum Gasteiger partial charge on any atom is 0.230 e. The van der Waals surface area contributed by atoms with E-state index in [0.717, 1.165) is 0 Å². The summed E-state index contributed by atoms with van der Waals surface area (Å²) in [4.78, 5) is 6.58. The maximum atomic E-state index is 9.97. The van der Waals surface area contributed by atoms with Crippen LogP contribution in [-0.4, -0.2) is 57.6 Å². The minimum atomic E-state index is -1.43. The van der Waals surface area contributed by atoms with Crippen LogP contribution in [0.25, 0.3) is 10.4 Å². The van der Waals surface area contributed by atoms with E-state index >= 15 is 0 Å². The molecule has 0 spiro atoms. The van der Waals surface area contributed by atoms with E-state index in [9.17, 15) is 10.2 Å². The first-order chi connectivity index (χ1) is 10.1. The third-order valence-electron chi connectivity index (χ3n) is 2.99. The topological polar surface area (TPSA) is 141 Å². The van der Waals surface area contributed by atoms with Crippen molar-refractivity contribution in [3.05, 3.63) is 33.2 Å². The highest BCUT2D eigenvalue weighted by Gasteiger charge is 2.45. The highest BCUT2D eigenvalue weighted by atomic mass is 79.9. The molecule has 0 amide bonds. The van der Waals surface area contributed by atoms with Crippen molar-refractivity contribution in [1.29, 1.82) is 0 Å². The molecule has 1 saturated heterocycles. The molecule has 0 aromatic carbocycles. The van der Waals surface area contributed by atoms with Crippen LogP contribution in [0.3, 0.4) is 0 Å². The van der Waals surface area contributed by atoms with E-state index in [2.05, 4.69) is 30.9 Å². The molecule has 1 aromatic rings. The molecule has 0 aliphatic carbocycles. The Morgan fingerprint density at radius 2 is 2.24 bits per heavy atom. The fourth-order valence-electron chi connectivity index (χ4n) is 1.92. The molecule has 0 bridgehead atoms. The largest absolute Gasteiger partial charge is 0.446 e. The normalized spacial score (nSPS) is 32.3. The molecular weight excluding hydrogens is 348 g/mol. The number of azide groups is 1. The monoisotopic (exact) mass is 360 g/mol. The van der Waals surface area contributed by atoms with Gasteiger partial charge in [0, 0.05) is 11.1 Å². The first-order valence-electron chi connectivity index (χ1n) is 6.02. The van der Waals surface area contributed by atoms with E-state index in [1.165, 1.54) is 6.20 Å². The Morgan fingerprint density at radius 3 is 2.86 bits per heavy atom. The summed E-state index contributed by atoms with van der Waals surface area (Å²) < 4.78 is 11.3. The molecule has 3 N–H and O–H groups in total. The van der Waals surface area contributed by atoms with E-state index in [0.29, 0.717) is 4.47 Å². The molecule has 1 aliphatic heterocycles. The molecule has 9 nitrogen and oxygen atoms in total. The lowest BCUT2D eigenvalue weighted by Gasteiger charge is -2.39. The van der Waals surface area contributed by atoms with Gasteiger partial charge in [-0.1, -0.05) is 5.11 Å². The summed E-state index contributed by atoms with van der Waals surface area (Å²) in [6.45, 7) is -0.523. The van der Waals surface area contributed by atoms with E-state index in [1.807, 2.05) is 0 Å². The summed E-state index contributed by atoms with van der Waals surface area (Å²) in [5.74, 6) is 0.168. The molecule has 21 heavy (non-hydrogen) atoms. The number of rotatable bonds is 4. The lowest BCUT2D eigenvalue weighted by atomic mass is 9.98. The van der Waals surface area contributed by atoms with Crippen molar-refractivity contribution in [3.63, 3.8) is 0 Å². The summed E-state index contributed by atoms with van der Waals surface area (Å²) in [5, 5.41) is 32.3. The quantitative estimate of drug-likeness (QED) is 0.401. The molecule has 1 aliphatic rings. The van der Waals surface area contributed by atoms with E-state index in [4.69, 9.17) is 20.1 Å². The third-order valence-corrected chi connectivity index (χ3v) is 3.59. The van der Waals surface area contributed by atoms with Crippen LogP contribution >= 0.6 is 15.9 Å². The van der Waals surface area contributed by atoms with Gasteiger partial charge in [0.1, 0.15) is 18.2 Å². The zero-order valence-corrected chi connectivity index (χ0v) is 12.2. The number of halogens is 1. The second kappa shape index (κ2) is 7.03. The van der Waals surface area contributed by atoms with E-state index < -0.39 is 37.3 Å². The highest BCUT2D eigenvalue weighted by Crippen LogP contribution is 2.28. The van der Waals surface area contributed by atoms with Crippen LogP contribution in [-0.2, 0) is 4.74 Å². The molecule has 5 atom stereocenters. The Balaban J connectivity index is 2.25. The van der Waals surface area contributed by atoms with Gasteiger partial charge in [-0.2, -0.15) is 0 Å². The number of hydrogen-bond donors (Lipinski definition) is 3. The van der Waals surface area contributed by atoms with Gasteiger partial charge in [0.05, 0.1) is 17.2 Å². The fourth-order valence-corrected chi connectivity index (χ4v) is 2.26. The van der Waals surface area contributed by atoms with Gasteiger partial charge in [-0.05, 0) is 33.6 Å². The van der Waals surface area contributed by atoms with Gasteiger partial charge in [0.15, 0.2) is 0 Å². The van der Waals surface area contributed by atoms with Crippen LogP contribution in [0.2, 0.25) is 0 Å². The first-order valence-corrected chi connectivity index (χ1v) is 6.81. The molecule has 1 aromatic heterocycles. The van der Waals surface area contributed by atoms with Crippen LogP contribution in [0.15, 0.2) is 27.9 Å². The predicted octanol–water partition coefficient (Wildman–Crippen LogP) is 0.341. The summed E-state index contributed by atoms with van der Waals surface area (Å²) in [7, 11) is 0. The Bertz CT molecular complexity index is 541. The molecular formula is C11H13BrN4O5. The van der Waals surface area contributed by atoms with Crippen LogP contribution < -0.4 is 4.74 Å². The Hall–Kier alpha value is -1.42. The molecule has 114 valence electrons. The number of aliphatic hydroxyl groups excluding tert-OH is 3. The van der Waals surface area contributed by atoms with Gasteiger partial charge in [-0.3, -0.25) is 0 Å². The van der Waals surface area contributed by atoms with Gasteiger partial charge < -0.3 is 24.8 Å². The summed E-state index contributed by atoms with van der Waals surface area (Å²) in [6.07, 6.45) is -3.59. The van der Waals surface area contributed by atoms with Crippen molar-refractivity contribution in [2.45, 2.75) is 30.6 Å².